The number of amides is 1. The first-order valence-corrected chi connectivity index (χ1v) is 7.38. The topological polar surface area (TPSA) is 75.5 Å². The van der Waals surface area contributed by atoms with Gasteiger partial charge in [-0.25, -0.2) is 4.39 Å². The Balaban J connectivity index is 1.97. The number of nitro benzene ring substituents is 1. The lowest BCUT2D eigenvalue weighted by molar-refractivity contribution is -0.384. The molecule has 0 spiro atoms. The molecule has 0 aliphatic carbocycles. The first-order chi connectivity index (χ1) is 11.4. The van der Waals surface area contributed by atoms with Gasteiger partial charge >= 0.3 is 0 Å². The molecule has 1 atom stereocenters. The number of hydrogen-bond donors (Lipinski definition) is 1. The summed E-state index contributed by atoms with van der Waals surface area (Å²) in [5.74, 6) is -0.509. The summed E-state index contributed by atoms with van der Waals surface area (Å²) in [7, 11) is 1.66. The van der Waals surface area contributed by atoms with Crippen LogP contribution in [0.15, 0.2) is 48.5 Å². The molecule has 126 valence electrons. The van der Waals surface area contributed by atoms with Gasteiger partial charge in [-0.05, 0) is 30.7 Å². The third kappa shape index (κ3) is 4.28. The quantitative estimate of drug-likeness (QED) is 0.650. The largest absolute Gasteiger partial charge is 0.376 e. The van der Waals surface area contributed by atoms with Crippen molar-refractivity contribution in [3.8, 4) is 0 Å². The second-order valence-electron chi connectivity index (χ2n) is 5.39. The van der Waals surface area contributed by atoms with Gasteiger partial charge in [-0.15, -0.1) is 0 Å². The zero-order chi connectivity index (χ0) is 17.7. The van der Waals surface area contributed by atoms with E-state index in [2.05, 4.69) is 5.32 Å². The van der Waals surface area contributed by atoms with E-state index < -0.39 is 4.92 Å². The van der Waals surface area contributed by atoms with E-state index in [1.807, 2.05) is 6.92 Å². The summed E-state index contributed by atoms with van der Waals surface area (Å²) >= 11 is 0. The average molecular weight is 331 g/mol. The van der Waals surface area contributed by atoms with E-state index in [-0.39, 0.29) is 30.0 Å². The van der Waals surface area contributed by atoms with E-state index in [0.717, 1.165) is 5.56 Å². The zero-order valence-corrected chi connectivity index (χ0v) is 13.4. The minimum absolute atomic E-state index is 0.00318. The van der Waals surface area contributed by atoms with Crippen molar-refractivity contribution >= 4 is 17.3 Å². The first-order valence-electron chi connectivity index (χ1n) is 7.38. The van der Waals surface area contributed by atoms with E-state index >= 15 is 0 Å². The number of likely N-dealkylation sites (N-methyl/N-ethyl adjacent to an activating group) is 1. The van der Waals surface area contributed by atoms with E-state index in [0.29, 0.717) is 5.69 Å². The van der Waals surface area contributed by atoms with Crippen LogP contribution in [0.3, 0.4) is 0 Å². The van der Waals surface area contributed by atoms with E-state index in [1.165, 1.54) is 29.2 Å². The second-order valence-corrected chi connectivity index (χ2v) is 5.39. The van der Waals surface area contributed by atoms with Gasteiger partial charge < -0.3 is 10.2 Å². The van der Waals surface area contributed by atoms with Crippen molar-refractivity contribution in [2.24, 2.45) is 0 Å². The Morgan fingerprint density at radius 1 is 1.29 bits per heavy atom. The molecule has 0 aromatic heterocycles. The van der Waals surface area contributed by atoms with Gasteiger partial charge in [0.15, 0.2) is 0 Å². The fourth-order valence-corrected chi connectivity index (χ4v) is 2.21. The van der Waals surface area contributed by atoms with Crippen LogP contribution >= 0.6 is 0 Å². The molecule has 6 nitrogen and oxygen atoms in total. The number of anilines is 1. The monoisotopic (exact) mass is 331 g/mol. The summed E-state index contributed by atoms with van der Waals surface area (Å²) in [6.07, 6.45) is 0. The number of benzene rings is 2. The maximum Gasteiger partial charge on any atom is 0.271 e. The molecule has 1 amide bonds. The van der Waals surface area contributed by atoms with Crippen molar-refractivity contribution in [3.05, 3.63) is 70.0 Å². The average Bonchev–Trinajstić information content (AvgIpc) is 2.59. The van der Waals surface area contributed by atoms with Gasteiger partial charge in [-0.2, -0.15) is 0 Å². The van der Waals surface area contributed by atoms with Crippen LogP contribution in [0.25, 0.3) is 0 Å². The number of carbonyl (C=O) groups is 1. The number of non-ortho nitro benzene ring substituents is 1. The molecule has 2 aromatic carbocycles. The lowest BCUT2D eigenvalue weighted by Gasteiger charge is -2.25. The van der Waals surface area contributed by atoms with E-state index in [9.17, 15) is 19.3 Å². The van der Waals surface area contributed by atoms with Crippen LogP contribution in [0.4, 0.5) is 15.8 Å². The van der Waals surface area contributed by atoms with Crippen molar-refractivity contribution in [2.75, 3.05) is 18.9 Å². The minimum atomic E-state index is -0.490. The van der Waals surface area contributed by atoms with Gasteiger partial charge in [0, 0.05) is 24.9 Å². The Morgan fingerprint density at radius 2 is 1.96 bits per heavy atom. The molecule has 1 N–H and O–H groups in total. The Labute approximate surface area is 139 Å². The molecule has 0 saturated heterocycles. The van der Waals surface area contributed by atoms with Gasteiger partial charge in [-0.1, -0.05) is 18.2 Å². The number of halogens is 1. The third-order valence-corrected chi connectivity index (χ3v) is 3.83. The van der Waals surface area contributed by atoms with Crippen LogP contribution < -0.4 is 5.32 Å². The summed E-state index contributed by atoms with van der Waals surface area (Å²) in [5, 5.41) is 13.6. The molecule has 0 heterocycles. The summed E-state index contributed by atoms with van der Waals surface area (Å²) in [6, 6.07) is 11.7. The van der Waals surface area contributed by atoms with E-state index in [4.69, 9.17) is 0 Å². The number of nitro groups is 1. The van der Waals surface area contributed by atoms with Gasteiger partial charge in [0.05, 0.1) is 17.5 Å². The predicted octanol–water partition coefficient (Wildman–Crippen LogP) is 3.37. The SMILES string of the molecule is CC(c1ccc(F)cc1)N(C)C(=O)CNc1cccc([N+](=O)[O-])c1. The minimum Gasteiger partial charge on any atom is -0.376 e. The van der Waals surface area contributed by atoms with Crippen LogP contribution in [0.1, 0.15) is 18.5 Å². The summed E-state index contributed by atoms with van der Waals surface area (Å²) in [4.78, 5) is 24.1. The third-order valence-electron chi connectivity index (χ3n) is 3.83. The molecular weight excluding hydrogens is 313 g/mol. The maximum atomic E-state index is 13.0. The molecule has 1 unspecified atom stereocenters. The molecule has 0 fully saturated rings. The Morgan fingerprint density at radius 3 is 2.58 bits per heavy atom. The van der Waals surface area contributed by atoms with E-state index in [1.54, 1.807) is 31.3 Å². The predicted molar refractivity (Wildman–Crippen MR) is 89.2 cm³/mol. The molecule has 0 bridgehead atoms. The molecule has 0 aliphatic rings. The summed E-state index contributed by atoms with van der Waals surface area (Å²) in [6.45, 7) is 1.85. The zero-order valence-electron chi connectivity index (χ0n) is 13.4. The highest BCUT2D eigenvalue weighted by Crippen LogP contribution is 2.20. The normalized spacial score (nSPS) is 11.6. The number of carbonyl (C=O) groups excluding carboxylic acids is 1. The summed E-state index contributed by atoms with van der Waals surface area (Å²) < 4.78 is 13.0. The molecule has 0 radical (unpaired) electrons. The molecule has 0 aliphatic heterocycles. The molecule has 0 saturated carbocycles. The van der Waals surface area contributed by atoms with Crippen molar-refractivity contribution in [1.82, 2.24) is 4.90 Å². The molecule has 24 heavy (non-hydrogen) atoms. The number of nitrogens with zero attached hydrogens (tertiary/aromatic N) is 2. The number of rotatable bonds is 6. The number of hydrogen-bond acceptors (Lipinski definition) is 4. The van der Waals surface area contributed by atoms with Crippen LogP contribution in [0, 0.1) is 15.9 Å². The van der Waals surface area contributed by atoms with Crippen molar-refractivity contribution < 1.29 is 14.1 Å². The van der Waals surface area contributed by atoms with Crippen molar-refractivity contribution in [2.45, 2.75) is 13.0 Å². The van der Waals surface area contributed by atoms with Gasteiger partial charge in [0.25, 0.3) is 5.69 Å². The molecule has 2 rings (SSSR count). The van der Waals surface area contributed by atoms with Crippen molar-refractivity contribution in [1.29, 1.82) is 0 Å². The van der Waals surface area contributed by atoms with Crippen LogP contribution in [0.2, 0.25) is 0 Å². The molecule has 2 aromatic rings. The Hall–Kier alpha value is -2.96. The lowest BCUT2D eigenvalue weighted by Crippen LogP contribution is -2.34. The standard InChI is InChI=1S/C17H18FN3O3/c1-12(13-6-8-14(18)9-7-13)20(2)17(22)11-19-15-4-3-5-16(10-15)21(23)24/h3-10,12,19H,11H2,1-2H3. The maximum absolute atomic E-state index is 13.0. The Kier molecular flexibility index (Phi) is 5.47. The molecule has 7 heteroatoms. The van der Waals surface area contributed by atoms with Crippen molar-refractivity contribution in [3.63, 3.8) is 0 Å². The highest BCUT2D eigenvalue weighted by atomic mass is 19.1. The second kappa shape index (κ2) is 7.54. The van der Waals surface area contributed by atoms with Gasteiger partial charge in [-0.3, -0.25) is 14.9 Å². The van der Waals surface area contributed by atoms with Gasteiger partial charge in [0.2, 0.25) is 5.91 Å². The fraction of sp³-hybridized carbons (Fsp3) is 0.235. The van der Waals surface area contributed by atoms with Crippen LogP contribution in [-0.4, -0.2) is 29.3 Å². The van der Waals surface area contributed by atoms with Gasteiger partial charge in [0.1, 0.15) is 5.82 Å². The number of nitrogens with one attached hydrogen (secondary N) is 1. The lowest BCUT2D eigenvalue weighted by atomic mass is 10.1. The van der Waals surface area contributed by atoms with Crippen LogP contribution in [0.5, 0.6) is 0 Å². The highest BCUT2D eigenvalue weighted by molar-refractivity contribution is 5.81. The van der Waals surface area contributed by atoms with Crippen LogP contribution in [-0.2, 0) is 4.79 Å². The Bertz CT molecular complexity index is 734. The highest BCUT2D eigenvalue weighted by Gasteiger charge is 2.17. The smallest absolute Gasteiger partial charge is 0.271 e. The summed E-state index contributed by atoms with van der Waals surface area (Å²) in [5.41, 5.74) is 1.28. The first kappa shape index (κ1) is 17.4. The fourth-order valence-electron chi connectivity index (χ4n) is 2.21. The molecular formula is C17H18FN3O3.